The van der Waals surface area contributed by atoms with Crippen molar-refractivity contribution < 1.29 is 38.3 Å². The quantitative estimate of drug-likeness (QED) is 0.0948. The predicted octanol–water partition coefficient (Wildman–Crippen LogP) is 6.34. The van der Waals surface area contributed by atoms with E-state index < -0.39 is 11.6 Å². The summed E-state index contributed by atoms with van der Waals surface area (Å²) in [6, 6.07) is 25.4. The molecule has 0 fully saturated rings. The molecule has 5 rings (SSSR count). The summed E-state index contributed by atoms with van der Waals surface area (Å²) < 4.78 is 35.3. The van der Waals surface area contributed by atoms with Crippen LogP contribution in [0.5, 0.6) is 17.2 Å². The van der Waals surface area contributed by atoms with Gasteiger partial charge in [-0.25, -0.2) is 4.79 Å². The molecule has 0 saturated heterocycles. The van der Waals surface area contributed by atoms with Crippen molar-refractivity contribution >= 4 is 22.8 Å². The van der Waals surface area contributed by atoms with E-state index in [1.54, 1.807) is 0 Å². The lowest BCUT2D eigenvalue weighted by atomic mass is 9.82. The highest BCUT2D eigenvalue weighted by molar-refractivity contribution is 6.08. The van der Waals surface area contributed by atoms with Gasteiger partial charge in [0, 0.05) is 27.5 Å². The van der Waals surface area contributed by atoms with E-state index in [-0.39, 0.29) is 25.4 Å². The molecule has 8 nitrogen and oxygen atoms in total. The van der Waals surface area contributed by atoms with Crippen LogP contribution in [-0.4, -0.2) is 64.4 Å². The molecule has 1 N–H and O–H groups in total. The van der Waals surface area contributed by atoms with Gasteiger partial charge in [0.2, 0.25) is 0 Å². The van der Waals surface area contributed by atoms with Crippen LogP contribution in [0.2, 0.25) is 0 Å². The second-order valence-corrected chi connectivity index (χ2v) is 10.6. The molecule has 0 spiro atoms. The smallest absolute Gasteiger partial charge is 0.342 e. The number of benzene rings is 4. The highest BCUT2D eigenvalue weighted by Crippen LogP contribution is 2.49. The normalized spacial score (nSPS) is 15.3. The highest BCUT2D eigenvalue weighted by atomic mass is 16.5. The van der Waals surface area contributed by atoms with E-state index in [4.69, 9.17) is 33.5 Å². The molecule has 45 heavy (non-hydrogen) atoms. The summed E-state index contributed by atoms with van der Waals surface area (Å²) in [5, 5.41) is 10.4. The number of rotatable bonds is 15. The fourth-order valence-corrected chi connectivity index (χ4v) is 5.31. The molecule has 0 aromatic heterocycles. The Morgan fingerprint density at radius 1 is 0.822 bits per heavy atom. The zero-order chi connectivity index (χ0) is 31.6. The van der Waals surface area contributed by atoms with Gasteiger partial charge in [-0.1, -0.05) is 78.9 Å². The molecule has 1 unspecified atom stereocenters. The molecule has 8 heteroatoms. The molecule has 1 aliphatic rings. The number of aliphatic hydroxyl groups is 1. The molecule has 0 amide bonds. The third-order valence-electron chi connectivity index (χ3n) is 7.33. The standard InChI is InChI=1S/C37H38O8/c1-26(2)25-42-22-24-44-35-31-12-8-7-11-30(31)34-32(33(35)36(39)40-3)17-18-37(45-34,27-9-5-4-6-10-27)28-13-15-29(16-14-28)43-23-21-41-20-19-38/h4-18,38H,1,19-25H2,2-3H3. The van der Waals surface area contributed by atoms with Crippen LogP contribution in [0.4, 0.5) is 0 Å². The van der Waals surface area contributed by atoms with Gasteiger partial charge in [-0.15, -0.1) is 0 Å². The van der Waals surface area contributed by atoms with Gasteiger partial charge in [0.1, 0.15) is 36.0 Å². The minimum Gasteiger partial charge on any atom is -0.491 e. The first-order valence-corrected chi connectivity index (χ1v) is 14.9. The van der Waals surface area contributed by atoms with E-state index in [1.807, 2.05) is 97.9 Å². The molecular formula is C37H38O8. The van der Waals surface area contributed by atoms with E-state index in [0.717, 1.165) is 27.5 Å². The lowest BCUT2D eigenvalue weighted by molar-refractivity contribution is 0.0591. The SMILES string of the molecule is C=C(C)COCCOc1c(C(=O)OC)c2c(c3ccccc13)OC(c1ccccc1)(c1ccc(OCCOCCO)cc1)C=C2. The second-order valence-electron chi connectivity index (χ2n) is 10.6. The number of ether oxygens (including phenoxy) is 6. The van der Waals surface area contributed by atoms with E-state index in [2.05, 4.69) is 6.58 Å². The molecule has 4 aromatic rings. The van der Waals surface area contributed by atoms with Crippen molar-refractivity contribution in [2.75, 3.05) is 53.4 Å². The fourth-order valence-electron chi connectivity index (χ4n) is 5.31. The second kappa shape index (κ2) is 14.9. The predicted molar refractivity (Wildman–Crippen MR) is 173 cm³/mol. The van der Waals surface area contributed by atoms with E-state index in [9.17, 15) is 4.79 Å². The van der Waals surface area contributed by atoms with E-state index in [1.165, 1.54) is 7.11 Å². The first kappa shape index (κ1) is 31.8. The Bertz CT molecular complexity index is 1650. The summed E-state index contributed by atoms with van der Waals surface area (Å²) in [7, 11) is 1.35. The van der Waals surface area contributed by atoms with E-state index >= 15 is 0 Å². The number of fused-ring (bicyclic) bond motifs is 3. The van der Waals surface area contributed by atoms with Gasteiger partial charge in [-0.05, 0) is 31.2 Å². The number of aliphatic hydroxyl groups excluding tert-OH is 1. The Hall–Kier alpha value is -4.63. The minimum atomic E-state index is -1.01. The van der Waals surface area contributed by atoms with Crippen LogP contribution >= 0.6 is 0 Å². The molecule has 1 heterocycles. The van der Waals surface area contributed by atoms with Gasteiger partial charge in [0.05, 0.1) is 40.1 Å². The monoisotopic (exact) mass is 610 g/mol. The van der Waals surface area contributed by atoms with Crippen molar-refractivity contribution in [2.45, 2.75) is 12.5 Å². The van der Waals surface area contributed by atoms with Gasteiger partial charge in [0.15, 0.2) is 5.60 Å². The molecule has 0 radical (unpaired) electrons. The zero-order valence-corrected chi connectivity index (χ0v) is 25.6. The number of hydrogen-bond acceptors (Lipinski definition) is 8. The van der Waals surface area contributed by atoms with Crippen molar-refractivity contribution in [3.8, 4) is 17.2 Å². The van der Waals surface area contributed by atoms with Gasteiger partial charge in [-0.3, -0.25) is 0 Å². The summed E-state index contributed by atoms with van der Waals surface area (Å²) in [5.41, 5.74) is 2.56. The van der Waals surface area contributed by atoms with Crippen molar-refractivity contribution in [2.24, 2.45) is 0 Å². The first-order valence-electron chi connectivity index (χ1n) is 14.9. The topological polar surface area (TPSA) is 92.7 Å². The van der Waals surface area contributed by atoms with Crippen molar-refractivity contribution in [1.29, 1.82) is 0 Å². The summed E-state index contributed by atoms with van der Waals surface area (Å²) in [5.74, 6) is 1.12. The average Bonchev–Trinajstić information content (AvgIpc) is 3.08. The average molecular weight is 611 g/mol. The van der Waals surface area contributed by atoms with Gasteiger partial charge in [-0.2, -0.15) is 0 Å². The van der Waals surface area contributed by atoms with Crippen molar-refractivity contribution in [3.63, 3.8) is 0 Å². The molecule has 0 saturated carbocycles. The van der Waals surface area contributed by atoms with Crippen LogP contribution in [0.3, 0.4) is 0 Å². The van der Waals surface area contributed by atoms with Crippen LogP contribution in [0, 0.1) is 0 Å². The maximum absolute atomic E-state index is 13.3. The van der Waals surface area contributed by atoms with Crippen LogP contribution in [-0.2, 0) is 19.8 Å². The third-order valence-corrected chi connectivity index (χ3v) is 7.33. The molecule has 0 aliphatic carbocycles. The zero-order valence-electron chi connectivity index (χ0n) is 25.6. The van der Waals surface area contributed by atoms with Gasteiger partial charge >= 0.3 is 5.97 Å². The van der Waals surface area contributed by atoms with Crippen LogP contribution in [0.15, 0.2) is 97.1 Å². The Balaban J connectivity index is 1.56. The van der Waals surface area contributed by atoms with Crippen molar-refractivity contribution in [1.82, 2.24) is 0 Å². The molecule has 1 atom stereocenters. The first-order chi connectivity index (χ1) is 22.0. The van der Waals surface area contributed by atoms with Crippen LogP contribution in [0.25, 0.3) is 16.8 Å². The maximum Gasteiger partial charge on any atom is 0.342 e. The number of esters is 1. The Labute approximate surface area is 263 Å². The lowest BCUT2D eigenvalue weighted by Gasteiger charge is -2.37. The fraction of sp³-hybridized carbons (Fsp3) is 0.270. The van der Waals surface area contributed by atoms with E-state index in [0.29, 0.717) is 49.2 Å². The summed E-state index contributed by atoms with van der Waals surface area (Å²) in [6.07, 6.45) is 3.88. The summed E-state index contributed by atoms with van der Waals surface area (Å²) >= 11 is 0. The highest BCUT2D eigenvalue weighted by Gasteiger charge is 2.40. The Morgan fingerprint density at radius 3 is 2.20 bits per heavy atom. The van der Waals surface area contributed by atoms with Crippen LogP contribution < -0.4 is 14.2 Å². The Morgan fingerprint density at radius 2 is 1.49 bits per heavy atom. The molecule has 0 bridgehead atoms. The summed E-state index contributed by atoms with van der Waals surface area (Å²) in [4.78, 5) is 13.3. The lowest BCUT2D eigenvalue weighted by Crippen LogP contribution is -2.34. The molecular weight excluding hydrogens is 572 g/mol. The maximum atomic E-state index is 13.3. The number of carbonyl (C=O) groups is 1. The number of methoxy groups -OCH3 is 1. The Kier molecular flexibility index (Phi) is 10.5. The molecule has 234 valence electrons. The number of hydrogen-bond donors (Lipinski definition) is 1. The van der Waals surface area contributed by atoms with Crippen LogP contribution in [0.1, 0.15) is 34.0 Å². The summed E-state index contributed by atoms with van der Waals surface area (Å²) in [6.45, 7) is 7.75. The van der Waals surface area contributed by atoms with Crippen molar-refractivity contribution in [3.05, 3.63) is 119 Å². The van der Waals surface area contributed by atoms with Gasteiger partial charge in [0.25, 0.3) is 0 Å². The molecule has 1 aliphatic heterocycles. The molecule has 4 aromatic carbocycles. The largest absolute Gasteiger partial charge is 0.491 e. The minimum absolute atomic E-state index is 0.0253. The van der Waals surface area contributed by atoms with Gasteiger partial charge < -0.3 is 33.5 Å². The number of carbonyl (C=O) groups excluding carboxylic acids is 1. The third kappa shape index (κ3) is 7.04.